The van der Waals surface area contributed by atoms with Crippen molar-refractivity contribution in [1.82, 2.24) is 14.9 Å². The summed E-state index contributed by atoms with van der Waals surface area (Å²) in [6, 6.07) is 7.59. The van der Waals surface area contributed by atoms with Gasteiger partial charge in [0.05, 0.1) is 5.75 Å². The summed E-state index contributed by atoms with van der Waals surface area (Å²) in [6.07, 6.45) is 0. The van der Waals surface area contributed by atoms with Gasteiger partial charge in [-0.15, -0.1) is 0 Å². The molecular weight excluding hydrogens is 380 g/mol. The molecule has 1 heterocycles. The van der Waals surface area contributed by atoms with Gasteiger partial charge >= 0.3 is 0 Å². The van der Waals surface area contributed by atoms with Gasteiger partial charge < -0.3 is 10.2 Å². The summed E-state index contributed by atoms with van der Waals surface area (Å²) in [6.45, 7) is 10.8. The van der Waals surface area contributed by atoms with E-state index in [0.717, 1.165) is 35.9 Å². The fourth-order valence-corrected chi connectivity index (χ4v) is 5.63. The molecule has 1 saturated heterocycles. The second-order valence-corrected chi connectivity index (χ2v) is 11.3. The number of thioether (sulfide) groups is 1. The third-order valence-corrected chi connectivity index (χ3v) is 7.02. The summed E-state index contributed by atoms with van der Waals surface area (Å²) >= 11 is 2.00. The van der Waals surface area contributed by atoms with Crippen LogP contribution in [0.1, 0.15) is 38.8 Å². The van der Waals surface area contributed by atoms with Gasteiger partial charge in [0, 0.05) is 43.2 Å². The molecule has 1 aliphatic heterocycles. The summed E-state index contributed by atoms with van der Waals surface area (Å²) in [5, 5.41) is 3.42. The Kier molecular flexibility index (Phi) is 7.59. The molecule has 2 N–H and O–H groups in total. The molecule has 6 nitrogen and oxygen atoms in total. The minimum Gasteiger partial charge on any atom is -0.352 e. The van der Waals surface area contributed by atoms with Crippen LogP contribution in [0.3, 0.4) is 0 Å². The van der Waals surface area contributed by atoms with Crippen LogP contribution in [0, 0.1) is 0 Å². The van der Waals surface area contributed by atoms with E-state index in [0.29, 0.717) is 6.54 Å². The number of rotatable bonds is 6. The SMILES string of the molecule is CN=C(NCc1ccc(CS(=O)(=O)NC(C)C)cc1)N1CCSC(C)(C)C1. The van der Waals surface area contributed by atoms with E-state index in [1.807, 2.05) is 56.9 Å². The summed E-state index contributed by atoms with van der Waals surface area (Å²) in [5.41, 5.74) is 1.88. The molecule has 1 fully saturated rings. The van der Waals surface area contributed by atoms with E-state index < -0.39 is 10.0 Å². The van der Waals surface area contributed by atoms with E-state index in [4.69, 9.17) is 0 Å². The molecule has 0 radical (unpaired) electrons. The van der Waals surface area contributed by atoms with E-state index in [2.05, 4.69) is 33.8 Å². The van der Waals surface area contributed by atoms with Gasteiger partial charge in [-0.2, -0.15) is 11.8 Å². The summed E-state index contributed by atoms with van der Waals surface area (Å²) in [7, 11) is -1.48. The smallest absolute Gasteiger partial charge is 0.216 e. The first kappa shape index (κ1) is 22.0. The van der Waals surface area contributed by atoms with Gasteiger partial charge in [0.15, 0.2) is 5.96 Å². The van der Waals surface area contributed by atoms with Crippen molar-refractivity contribution in [1.29, 1.82) is 0 Å². The van der Waals surface area contributed by atoms with Crippen molar-refractivity contribution in [3.05, 3.63) is 35.4 Å². The normalized spacial score (nSPS) is 18.0. The molecule has 0 amide bonds. The molecule has 1 aliphatic rings. The number of guanidine groups is 1. The third kappa shape index (κ3) is 7.35. The number of sulfonamides is 1. The van der Waals surface area contributed by atoms with Gasteiger partial charge in [0.25, 0.3) is 0 Å². The minimum atomic E-state index is -3.30. The first-order chi connectivity index (χ1) is 12.6. The average Bonchev–Trinajstić information content (AvgIpc) is 2.54. The average molecular weight is 413 g/mol. The van der Waals surface area contributed by atoms with Crippen LogP contribution in [0.15, 0.2) is 29.3 Å². The third-order valence-electron chi connectivity index (χ3n) is 4.18. The van der Waals surface area contributed by atoms with Crippen LogP contribution in [-0.2, 0) is 22.3 Å². The topological polar surface area (TPSA) is 73.8 Å². The Bertz CT molecular complexity index is 743. The molecular formula is C19H32N4O2S2. The molecule has 0 spiro atoms. The lowest BCUT2D eigenvalue weighted by Gasteiger charge is -2.39. The first-order valence-corrected chi connectivity index (χ1v) is 11.9. The Morgan fingerprint density at radius 2 is 1.89 bits per heavy atom. The van der Waals surface area contributed by atoms with Gasteiger partial charge in [0.1, 0.15) is 0 Å². The van der Waals surface area contributed by atoms with Gasteiger partial charge in [-0.3, -0.25) is 4.99 Å². The Balaban J connectivity index is 1.92. The van der Waals surface area contributed by atoms with Crippen molar-refractivity contribution in [2.24, 2.45) is 4.99 Å². The largest absolute Gasteiger partial charge is 0.352 e. The first-order valence-electron chi connectivity index (χ1n) is 9.27. The monoisotopic (exact) mass is 412 g/mol. The van der Waals surface area contributed by atoms with Crippen LogP contribution < -0.4 is 10.0 Å². The molecule has 27 heavy (non-hydrogen) atoms. The predicted molar refractivity (Wildman–Crippen MR) is 116 cm³/mol. The van der Waals surface area contributed by atoms with Crippen LogP contribution in [0.2, 0.25) is 0 Å². The highest BCUT2D eigenvalue weighted by Gasteiger charge is 2.28. The van der Waals surface area contributed by atoms with Crippen LogP contribution in [0.25, 0.3) is 0 Å². The quantitative estimate of drug-likeness (QED) is 0.554. The van der Waals surface area contributed by atoms with Crippen molar-refractivity contribution in [3.8, 4) is 0 Å². The zero-order chi connectivity index (χ0) is 20.1. The number of benzene rings is 1. The Labute approximate surface area is 168 Å². The van der Waals surface area contributed by atoms with Crippen LogP contribution >= 0.6 is 11.8 Å². The van der Waals surface area contributed by atoms with Gasteiger partial charge in [-0.05, 0) is 38.8 Å². The Hall–Kier alpha value is -1.25. The fourth-order valence-electron chi connectivity index (χ4n) is 3.08. The maximum Gasteiger partial charge on any atom is 0.216 e. The zero-order valence-electron chi connectivity index (χ0n) is 16.9. The number of aliphatic imine (C=N–C) groups is 1. The van der Waals surface area contributed by atoms with Gasteiger partial charge in [-0.1, -0.05) is 24.3 Å². The molecule has 0 aromatic heterocycles. The Morgan fingerprint density at radius 1 is 1.26 bits per heavy atom. The molecule has 0 bridgehead atoms. The molecule has 0 saturated carbocycles. The molecule has 1 aromatic rings. The van der Waals surface area contributed by atoms with Gasteiger partial charge in [-0.25, -0.2) is 13.1 Å². The molecule has 152 valence electrons. The van der Waals surface area contributed by atoms with Crippen molar-refractivity contribution in [3.63, 3.8) is 0 Å². The molecule has 0 atom stereocenters. The fraction of sp³-hybridized carbons (Fsp3) is 0.632. The van der Waals surface area contributed by atoms with E-state index >= 15 is 0 Å². The maximum absolute atomic E-state index is 12.0. The van der Waals surface area contributed by atoms with Crippen molar-refractivity contribution in [2.75, 3.05) is 25.9 Å². The lowest BCUT2D eigenvalue weighted by atomic mass is 10.1. The molecule has 2 rings (SSSR count). The van der Waals surface area contributed by atoms with Crippen LogP contribution in [-0.4, -0.2) is 56.0 Å². The summed E-state index contributed by atoms with van der Waals surface area (Å²) < 4.78 is 26.9. The molecule has 8 heteroatoms. The highest BCUT2D eigenvalue weighted by molar-refractivity contribution is 8.00. The maximum atomic E-state index is 12.0. The van der Waals surface area contributed by atoms with Crippen molar-refractivity contribution < 1.29 is 8.42 Å². The Morgan fingerprint density at radius 3 is 2.44 bits per heavy atom. The van der Waals surface area contributed by atoms with Crippen molar-refractivity contribution in [2.45, 2.75) is 50.8 Å². The van der Waals surface area contributed by atoms with E-state index in [1.165, 1.54) is 0 Å². The zero-order valence-corrected chi connectivity index (χ0v) is 18.6. The molecule has 1 aromatic carbocycles. The summed E-state index contributed by atoms with van der Waals surface area (Å²) in [4.78, 5) is 6.72. The number of nitrogens with zero attached hydrogens (tertiary/aromatic N) is 2. The van der Waals surface area contributed by atoms with Crippen LogP contribution in [0.4, 0.5) is 0 Å². The van der Waals surface area contributed by atoms with Gasteiger partial charge in [0.2, 0.25) is 10.0 Å². The standard InChI is InChI=1S/C19H32N4O2S2/c1-15(2)22-27(24,25)13-17-8-6-16(7-9-17)12-21-18(20-5)23-10-11-26-19(3,4)14-23/h6-9,15,22H,10-14H2,1-5H3,(H,20,21). The molecule has 0 unspecified atom stereocenters. The van der Waals surface area contributed by atoms with E-state index in [1.54, 1.807) is 0 Å². The number of hydrogen-bond donors (Lipinski definition) is 2. The minimum absolute atomic E-state index is 0.00108. The van der Waals surface area contributed by atoms with E-state index in [9.17, 15) is 8.42 Å². The lowest BCUT2D eigenvalue weighted by Crippen LogP contribution is -2.50. The highest BCUT2D eigenvalue weighted by atomic mass is 32.2. The lowest BCUT2D eigenvalue weighted by molar-refractivity contribution is 0.376. The predicted octanol–water partition coefficient (Wildman–Crippen LogP) is 2.42. The van der Waals surface area contributed by atoms with Crippen LogP contribution in [0.5, 0.6) is 0 Å². The second kappa shape index (κ2) is 9.30. The highest BCUT2D eigenvalue weighted by Crippen LogP contribution is 2.29. The van der Waals surface area contributed by atoms with Crippen molar-refractivity contribution >= 4 is 27.7 Å². The number of nitrogens with one attached hydrogen (secondary N) is 2. The van der Waals surface area contributed by atoms with E-state index in [-0.39, 0.29) is 16.5 Å². The second-order valence-electron chi connectivity index (χ2n) is 7.78. The number of hydrogen-bond acceptors (Lipinski definition) is 4. The molecule has 0 aliphatic carbocycles. The summed E-state index contributed by atoms with van der Waals surface area (Å²) in [5.74, 6) is 2.01.